The van der Waals surface area contributed by atoms with E-state index in [2.05, 4.69) is 11.0 Å². The molecule has 0 spiro atoms. The molecule has 0 aliphatic carbocycles. The molecular formula is C27H32N6O2. The van der Waals surface area contributed by atoms with Crippen LogP contribution < -0.4 is 21.9 Å². The molecule has 0 radical (unpaired) electrons. The Morgan fingerprint density at radius 2 is 1.94 bits per heavy atom. The van der Waals surface area contributed by atoms with Crippen LogP contribution in [0.15, 0.2) is 58.1 Å². The van der Waals surface area contributed by atoms with Gasteiger partial charge in [0.2, 0.25) is 5.95 Å². The zero-order valence-electron chi connectivity index (χ0n) is 20.6. The highest BCUT2D eigenvalue weighted by atomic mass is 16.2. The van der Waals surface area contributed by atoms with E-state index in [9.17, 15) is 9.59 Å². The Kier molecular flexibility index (Phi) is 6.06. The zero-order chi connectivity index (χ0) is 24.7. The van der Waals surface area contributed by atoms with E-state index < -0.39 is 0 Å². The van der Waals surface area contributed by atoms with Gasteiger partial charge in [-0.1, -0.05) is 48.6 Å². The molecule has 3 heterocycles. The number of aryl methyl sites for hydroxylation is 2. The van der Waals surface area contributed by atoms with E-state index in [1.807, 2.05) is 60.9 Å². The number of benzene rings is 2. The summed E-state index contributed by atoms with van der Waals surface area (Å²) < 4.78 is 4.77. The third-order valence-corrected chi connectivity index (χ3v) is 7.07. The highest BCUT2D eigenvalue weighted by Gasteiger charge is 2.26. The summed E-state index contributed by atoms with van der Waals surface area (Å²) in [5.74, 6) is 0.694. The van der Waals surface area contributed by atoms with Crippen LogP contribution in [0.1, 0.15) is 30.9 Å². The minimum Gasteiger partial charge on any atom is -0.341 e. The van der Waals surface area contributed by atoms with Crippen molar-refractivity contribution in [1.82, 2.24) is 18.7 Å². The molecule has 2 aromatic heterocycles. The van der Waals surface area contributed by atoms with Crippen LogP contribution in [-0.4, -0.2) is 37.8 Å². The lowest BCUT2D eigenvalue weighted by Crippen LogP contribution is -2.44. The van der Waals surface area contributed by atoms with Gasteiger partial charge in [-0.2, -0.15) is 4.98 Å². The molecule has 8 nitrogen and oxygen atoms in total. The first-order valence-electron chi connectivity index (χ1n) is 12.2. The number of nitrogens with two attached hydrogens (primary N) is 1. The van der Waals surface area contributed by atoms with Crippen molar-refractivity contribution in [1.29, 1.82) is 0 Å². The molecule has 4 aromatic rings. The minimum absolute atomic E-state index is 0.0635. The van der Waals surface area contributed by atoms with Crippen molar-refractivity contribution in [2.75, 3.05) is 18.0 Å². The molecule has 1 saturated heterocycles. The summed E-state index contributed by atoms with van der Waals surface area (Å²) in [5.41, 5.74) is 8.43. The lowest BCUT2D eigenvalue weighted by atomic mass is 9.99. The number of hydrogen-bond donors (Lipinski definition) is 1. The van der Waals surface area contributed by atoms with Crippen molar-refractivity contribution in [3.63, 3.8) is 0 Å². The van der Waals surface area contributed by atoms with Gasteiger partial charge in [0.25, 0.3) is 5.56 Å². The molecule has 0 amide bonds. The number of anilines is 1. The lowest BCUT2D eigenvalue weighted by Gasteiger charge is -2.31. The van der Waals surface area contributed by atoms with Crippen molar-refractivity contribution in [3.05, 3.63) is 80.5 Å². The second-order valence-electron chi connectivity index (χ2n) is 9.43. The van der Waals surface area contributed by atoms with Crippen molar-refractivity contribution in [2.24, 2.45) is 12.8 Å². The van der Waals surface area contributed by atoms with E-state index >= 15 is 0 Å². The summed E-state index contributed by atoms with van der Waals surface area (Å²) >= 11 is 0. The Labute approximate surface area is 203 Å². The summed E-state index contributed by atoms with van der Waals surface area (Å²) in [6, 6.07) is 12.2. The SMILES string of the molecule is CC=CCn1c(N2CCCC(N)C2)nc2c1c(=O)n(Cc1c(C)ccc3ccccc13)c(=O)n2C. The summed E-state index contributed by atoms with van der Waals surface area (Å²) in [6.45, 7) is 6.17. The van der Waals surface area contributed by atoms with Crippen LogP contribution in [0.25, 0.3) is 21.9 Å². The Morgan fingerprint density at radius 3 is 2.71 bits per heavy atom. The van der Waals surface area contributed by atoms with E-state index in [0.29, 0.717) is 30.2 Å². The first kappa shape index (κ1) is 23.1. The smallest absolute Gasteiger partial charge is 0.332 e. The molecule has 1 aliphatic heterocycles. The maximum absolute atomic E-state index is 13.9. The predicted octanol–water partition coefficient (Wildman–Crippen LogP) is 2.91. The van der Waals surface area contributed by atoms with E-state index in [1.54, 1.807) is 7.05 Å². The Morgan fingerprint density at radius 1 is 1.14 bits per heavy atom. The molecular weight excluding hydrogens is 440 g/mol. The summed E-state index contributed by atoms with van der Waals surface area (Å²) in [5, 5.41) is 2.13. The summed E-state index contributed by atoms with van der Waals surface area (Å²) in [6.07, 6.45) is 5.90. The molecule has 2 aromatic carbocycles. The van der Waals surface area contributed by atoms with E-state index in [-0.39, 0.29) is 23.8 Å². The Hall–Kier alpha value is -3.65. The van der Waals surface area contributed by atoms with Gasteiger partial charge in [-0.15, -0.1) is 0 Å². The van der Waals surface area contributed by atoms with E-state index in [1.165, 1.54) is 9.13 Å². The van der Waals surface area contributed by atoms with Crippen LogP contribution in [-0.2, 0) is 20.1 Å². The number of hydrogen-bond acceptors (Lipinski definition) is 5. The second-order valence-corrected chi connectivity index (χ2v) is 9.43. The van der Waals surface area contributed by atoms with Crippen molar-refractivity contribution < 1.29 is 0 Å². The maximum atomic E-state index is 13.9. The van der Waals surface area contributed by atoms with Gasteiger partial charge in [0.05, 0.1) is 6.54 Å². The van der Waals surface area contributed by atoms with Gasteiger partial charge in [-0.3, -0.25) is 13.9 Å². The highest BCUT2D eigenvalue weighted by Crippen LogP contribution is 2.25. The van der Waals surface area contributed by atoms with Gasteiger partial charge in [0.1, 0.15) is 0 Å². The van der Waals surface area contributed by atoms with Crippen molar-refractivity contribution >= 4 is 27.9 Å². The molecule has 1 atom stereocenters. The third kappa shape index (κ3) is 3.97. The molecule has 2 N–H and O–H groups in total. The lowest BCUT2D eigenvalue weighted by molar-refractivity contribution is 0.495. The second kappa shape index (κ2) is 9.19. The largest absolute Gasteiger partial charge is 0.341 e. The fourth-order valence-corrected chi connectivity index (χ4v) is 5.13. The first-order chi connectivity index (χ1) is 16.9. The normalized spacial score (nSPS) is 16.7. The number of nitrogens with zero attached hydrogens (tertiary/aromatic N) is 5. The van der Waals surface area contributed by atoms with Crippen LogP contribution in [0, 0.1) is 6.92 Å². The molecule has 1 unspecified atom stereocenters. The fraction of sp³-hybridized carbons (Fsp3) is 0.370. The molecule has 5 rings (SSSR count). The van der Waals surface area contributed by atoms with Gasteiger partial charge in [-0.05, 0) is 48.6 Å². The van der Waals surface area contributed by atoms with Crippen molar-refractivity contribution in [3.8, 4) is 0 Å². The molecule has 1 fully saturated rings. The summed E-state index contributed by atoms with van der Waals surface area (Å²) in [4.78, 5) is 34.3. The van der Waals surface area contributed by atoms with Gasteiger partial charge in [0.15, 0.2) is 11.2 Å². The van der Waals surface area contributed by atoms with Gasteiger partial charge in [-0.25, -0.2) is 4.79 Å². The molecule has 0 bridgehead atoms. The molecule has 182 valence electrons. The molecule has 35 heavy (non-hydrogen) atoms. The first-order valence-corrected chi connectivity index (χ1v) is 12.2. The zero-order valence-corrected chi connectivity index (χ0v) is 20.6. The van der Waals surface area contributed by atoms with Gasteiger partial charge < -0.3 is 15.2 Å². The van der Waals surface area contributed by atoms with E-state index in [4.69, 9.17) is 10.7 Å². The van der Waals surface area contributed by atoms with Gasteiger partial charge >= 0.3 is 5.69 Å². The number of fused-ring (bicyclic) bond motifs is 2. The third-order valence-electron chi connectivity index (χ3n) is 7.07. The van der Waals surface area contributed by atoms with Crippen LogP contribution >= 0.6 is 0 Å². The Balaban J connectivity index is 1.73. The quantitative estimate of drug-likeness (QED) is 0.451. The Bertz CT molecular complexity index is 1560. The maximum Gasteiger partial charge on any atom is 0.332 e. The number of rotatable bonds is 5. The molecule has 0 saturated carbocycles. The standard InChI is InChI=1S/C27H32N6O2/c1-4-5-15-32-23-24(29-26(32)31-14-8-10-20(28)16-31)30(3)27(35)33(25(23)34)17-22-18(2)12-13-19-9-6-7-11-21(19)22/h4-7,9,11-13,20H,8,10,14-17,28H2,1-3H3. The van der Waals surface area contributed by atoms with Crippen LogP contribution in [0.5, 0.6) is 0 Å². The van der Waals surface area contributed by atoms with Crippen LogP contribution in [0.2, 0.25) is 0 Å². The monoisotopic (exact) mass is 472 g/mol. The molecule has 8 heteroatoms. The number of imidazole rings is 1. The topological polar surface area (TPSA) is 91.1 Å². The van der Waals surface area contributed by atoms with Crippen molar-refractivity contribution in [2.45, 2.75) is 45.8 Å². The fourth-order valence-electron chi connectivity index (χ4n) is 5.13. The van der Waals surface area contributed by atoms with E-state index in [0.717, 1.165) is 41.3 Å². The number of allylic oxidation sites excluding steroid dienone is 2. The predicted molar refractivity (Wildman–Crippen MR) is 141 cm³/mol. The van der Waals surface area contributed by atoms with Gasteiger partial charge in [0, 0.05) is 32.7 Å². The summed E-state index contributed by atoms with van der Waals surface area (Å²) in [7, 11) is 1.69. The highest BCUT2D eigenvalue weighted by molar-refractivity contribution is 5.86. The average molecular weight is 473 g/mol. The number of piperidine rings is 1. The minimum atomic E-state index is -0.368. The van der Waals surface area contributed by atoms with Crippen LogP contribution in [0.4, 0.5) is 5.95 Å². The number of aromatic nitrogens is 4. The average Bonchev–Trinajstić information content (AvgIpc) is 3.25. The van der Waals surface area contributed by atoms with Crippen LogP contribution in [0.3, 0.4) is 0 Å². The molecule has 1 aliphatic rings.